The van der Waals surface area contributed by atoms with E-state index >= 15 is 0 Å². The lowest BCUT2D eigenvalue weighted by Crippen LogP contribution is -2.11. The topological polar surface area (TPSA) is 72.9 Å². The van der Waals surface area contributed by atoms with Crippen molar-refractivity contribution in [1.82, 2.24) is 29.1 Å². The van der Waals surface area contributed by atoms with Gasteiger partial charge in [0.1, 0.15) is 18.0 Å². The van der Waals surface area contributed by atoms with Crippen LogP contribution in [0.3, 0.4) is 0 Å². The van der Waals surface area contributed by atoms with Crippen molar-refractivity contribution in [2.24, 2.45) is 0 Å². The molecule has 4 rings (SSSR count). The molecule has 1 aromatic carbocycles. The summed E-state index contributed by atoms with van der Waals surface area (Å²) in [5.74, 6) is 2.45. The van der Waals surface area contributed by atoms with E-state index in [2.05, 4.69) is 37.9 Å². The van der Waals surface area contributed by atoms with E-state index < -0.39 is 0 Å². The summed E-state index contributed by atoms with van der Waals surface area (Å²) in [6, 6.07) is 10.1. The van der Waals surface area contributed by atoms with Crippen LogP contribution in [-0.2, 0) is 13.1 Å². The zero-order chi connectivity index (χ0) is 15.8. The van der Waals surface area contributed by atoms with Gasteiger partial charge in [-0.2, -0.15) is 14.6 Å². The van der Waals surface area contributed by atoms with Crippen LogP contribution in [0.15, 0.2) is 36.7 Å². The molecule has 0 unspecified atom stereocenters. The van der Waals surface area contributed by atoms with Crippen LogP contribution in [0.1, 0.15) is 18.4 Å². The van der Waals surface area contributed by atoms with Crippen molar-refractivity contribution in [1.29, 1.82) is 0 Å². The predicted molar refractivity (Wildman–Crippen MR) is 88.3 cm³/mol. The molecule has 23 heavy (non-hydrogen) atoms. The molecule has 7 heteroatoms. The summed E-state index contributed by atoms with van der Waals surface area (Å²) in [4.78, 5) is 13.2. The number of fused-ring (bicyclic) bond motifs is 2. The van der Waals surface area contributed by atoms with Gasteiger partial charge in [0.25, 0.3) is 5.78 Å². The molecule has 3 heterocycles. The largest absolute Gasteiger partial charge is 0.363 e. The van der Waals surface area contributed by atoms with Crippen LogP contribution in [0.5, 0.6) is 0 Å². The molecule has 0 spiro atoms. The Bertz CT molecular complexity index is 983. The van der Waals surface area contributed by atoms with Gasteiger partial charge in [-0.3, -0.25) is 0 Å². The van der Waals surface area contributed by atoms with Crippen LogP contribution in [0.4, 0.5) is 5.82 Å². The number of rotatable bonds is 4. The van der Waals surface area contributed by atoms with E-state index in [0.717, 1.165) is 34.9 Å². The first kappa shape index (κ1) is 13.7. The lowest BCUT2D eigenvalue weighted by atomic mass is 10.3. The number of aromatic nitrogens is 6. The third-order valence-electron chi connectivity index (χ3n) is 3.86. The highest BCUT2D eigenvalue weighted by atomic mass is 15.4. The molecule has 0 aliphatic rings. The van der Waals surface area contributed by atoms with Crippen molar-refractivity contribution in [2.45, 2.75) is 26.9 Å². The molecule has 116 valence electrons. The Morgan fingerprint density at radius 1 is 1.17 bits per heavy atom. The van der Waals surface area contributed by atoms with Crippen molar-refractivity contribution in [3.05, 3.63) is 48.2 Å². The second kappa shape index (κ2) is 5.35. The predicted octanol–water partition coefficient (Wildman–Crippen LogP) is 2.41. The van der Waals surface area contributed by atoms with Gasteiger partial charge >= 0.3 is 0 Å². The minimum atomic E-state index is 0.594. The minimum Gasteiger partial charge on any atom is -0.363 e. The molecule has 1 N–H and O–H groups in total. The van der Waals surface area contributed by atoms with Crippen LogP contribution >= 0.6 is 0 Å². The van der Waals surface area contributed by atoms with Crippen LogP contribution in [-0.4, -0.2) is 29.1 Å². The lowest BCUT2D eigenvalue weighted by molar-refractivity contribution is 0.726. The van der Waals surface area contributed by atoms with Gasteiger partial charge in [-0.05, 0) is 26.0 Å². The first-order chi connectivity index (χ1) is 11.3. The fourth-order valence-corrected chi connectivity index (χ4v) is 2.84. The van der Waals surface area contributed by atoms with E-state index in [-0.39, 0.29) is 0 Å². The Kier molecular flexibility index (Phi) is 3.18. The second-order valence-corrected chi connectivity index (χ2v) is 5.37. The van der Waals surface area contributed by atoms with Crippen molar-refractivity contribution in [2.75, 3.05) is 5.32 Å². The summed E-state index contributed by atoms with van der Waals surface area (Å²) >= 11 is 0. The van der Waals surface area contributed by atoms with Gasteiger partial charge in [-0.1, -0.05) is 12.1 Å². The van der Waals surface area contributed by atoms with Crippen molar-refractivity contribution in [3.8, 4) is 0 Å². The fraction of sp³-hybridized carbons (Fsp3) is 0.250. The number of anilines is 1. The van der Waals surface area contributed by atoms with Crippen molar-refractivity contribution in [3.63, 3.8) is 0 Å². The monoisotopic (exact) mass is 307 g/mol. The highest BCUT2D eigenvalue weighted by Crippen LogP contribution is 2.17. The number of imidazole rings is 1. The molecule has 0 saturated heterocycles. The number of hydrogen-bond donors (Lipinski definition) is 1. The second-order valence-electron chi connectivity index (χ2n) is 5.37. The SMILES string of the molecule is CCn1c(CNc2cc(C)nc3ncnn23)nc2ccccc21. The molecule has 0 radical (unpaired) electrons. The molecule has 0 fully saturated rings. The van der Waals surface area contributed by atoms with Gasteiger partial charge in [0.15, 0.2) is 0 Å². The Labute approximate surface area is 133 Å². The third kappa shape index (κ3) is 2.30. The van der Waals surface area contributed by atoms with Gasteiger partial charge < -0.3 is 9.88 Å². The zero-order valence-corrected chi connectivity index (χ0v) is 13.1. The first-order valence-electron chi connectivity index (χ1n) is 7.61. The van der Waals surface area contributed by atoms with Gasteiger partial charge in [0.2, 0.25) is 0 Å². The Morgan fingerprint density at radius 2 is 2.04 bits per heavy atom. The molecule has 0 aliphatic heterocycles. The number of hydrogen-bond acceptors (Lipinski definition) is 5. The molecule has 0 bridgehead atoms. The Hall–Kier alpha value is -2.96. The van der Waals surface area contributed by atoms with Crippen LogP contribution in [0.2, 0.25) is 0 Å². The molecular formula is C16H17N7. The maximum absolute atomic E-state index is 4.73. The van der Waals surface area contributed by atoms with E-state index in [4.69, 9.17) is 4.98 Å². The van der Waals surface area contributed by atoms with Gasteiger partial charge in [-0.15, -0.1) is 0 Å². The number of para-hydroxylation sites is 2. The smallest absolute Gasteiger partial charge is 0.254 e. The van der Waals surface area contributed by atoms with Crippen molar-refractivity contribution < 1.29 is 0 Å². The van der Waals surface area contributed by atoms with Gasteiger partial charge in [0, 0.05) is 18.3 Å². The number of aryl methyl sites for hydroxylation is 2. The number of nitrogens with zero attached hydrogens (tertiary/aromatic N) is 6. The Balaban J connectivity index is 1.69. The maximum Gasteiger partial charge on any atom is 0.254 e. The summed E-state index contributed by atoms with van der Waals surface area (Å²) in [6.07, 6.45) is 1.51. The summed E-state index contributed by atoms with van der Waals surface area (Å²) in [7, 11) is 0. The van der Waals surface area contributed by atoms with Crippen LogP contribution < -0.4 is 5.32 Å². The number of nitrogens with one attached hydrogen (secondary N) is 1. The third-order valence-corrected chi connectivity index (χ3v) is 3.86. The summed E-state index contributed by atoms with van der Waals surface area (Å²) in [5, 5.41) is 7.61. The van der Waals surface area contributed by atoms with E-state index in [1.165, 1.54) is 6.33 Å². The molecule has 0 saturated carbocycles. The average Bonchev–Trinajstić information content (AvgIpc) is 3.15. The standard InChI is InChI=1S/C16H17N7/c1-3-22-13-7-5-4-6-12(13)21-15(22)9-17-14-8-11(2)20-16-18-10-19-23(14)16/h4-8,10,17H,3,9H2,1-2H3. The molecular weight excluding hydrogens is 290 g/mol. The summed E-state index contributed by atoms with van der Waals surface area (Å²) < 4.78 is 3.92. The first-order valence-corrected chi connectivity index (χ1v) is 7.61. The minimum absolute atomic E-state index is 0.594. The highest BCUT2D eigenvalue weighted by Gasteiger charge is 2.10. The number of benzene rings is 1. The van der Waals surface area contributed by atoms with Crippen molar-refractivity contribution >= 4 is 22.6 Å². The van der Waals surface area contributed by atoms with E-state index in [9.17, 15) is 0 Å². The summed E-state index contributed by atoms with van der Waals surface area (Å²) in [6.45, 7) is 5.57. The highest BCUT2D eigenvalue weighted by molar-refractivity contribution is 5.75. The maximum atomic E-state index is 4.73. The van der Waals surface area contributed by atoms with Gasteiger partial charge in [0.05, 0.1) is 17.6 Å². The van der Waals surface area contributed by atoms with Crippen LogP contribution in [0, 0.1) is 6.92 Å². The molecule has 0 amide bonds. The van der Waals surface area contributed by atoms with Gasteiger partial charge in [-0.25, -0.2) is 9.97 Å². The van der Waals surface area contributed by atoms with E-state index in [1.54, 1.807) is 4.52 Å². The molecule has 3 aromatic heterocycles. The Morgan fingerprint density at radius 3 is 2.91 bits per heavy atom. The zero-order valence-electron chi connectivity index (χ0n) is 13.1. The van der Waals surface area contributed by atoms with E-state index in [1.807, 2.05) is 31.2 Å². The quantitative estimate of drug-likeness (QED) is 0.627. The molecule has 4 aromatic rings. The molecule has 0 aliphatic carbocycles. The lowest BCUT2D eigenvalue weighted by Gasteiger charge is -2.10. The molecule has 0 atom stereocenters. The van der Waals surface area contributed by atoms with E-state index in [0.29, 0.717) is 12.3 Å². The summed E-state index contributed by atoms with van der Waals surface area (Å²) in [5.41, 5.74) is 3.07. The van der Waals surface area contributed by atoms with Crippen LogP contribution in [0.25, 0.3) is 16.8 Å². The normalized spacial score (nSPS) is 11.4. The molecule has 7 nitrogen and oxygen atoms in total. The average molecular weight is 307 g/mol. The fourth-order valence-electron chi connectivity index (χ4n) is 2.84.